The third kappa shape index (κ3) is 2.51. The van der Waals surface area contributed by atoms with Crippen molar-refractivity contribution < 1.29 is 4.79 Å². The van der Waals surface area contributed by atoms with E-state index in [-0.39, 0.29) is 5.91 Å². The lowest BCUT2D eigenvalue weighted by molar-refractivity contribution is -0.115. The average molecular weight is 275 g/mol. The molecule has 0 saturated carbocycles. The van der Waals surface area contributed by atoms with Crippen molar-refractivity contribution in [2.45, 2.75) is 6.54 Å². The maximum atomic E-state index is 11.7. The van der Waals surface area contributed by atoms with Gasteiger partial charge < -0.3 is 10.2 Å². The number of nitrogens with one attached hydrogen (secondary N) is 1. The maximum absolute atomic E-state index is 11.7. The van der Waals surface area contributed by atoms with E-state index in [9.17, 15) is 4.79 Å². The summed E-state index contributed by atoms with van der Waals surface area (Å²) in [5.74, 6) is -0.0272. The molecule has 1 amide bonds. The van der Waals surface area contributed by atoms with Crippen molar-refractivity contribution >= 4 is 28.9 Å². The Labute approximate surface area is 115 Å². The molecule has 0 bridgehead atoms. The second kappa shape index (κ2) is 4.85. The Morgan fingerprint density at radius 3 is 2.89 bits per heavy atom. The molecule has 1 aliphatic heterocycles. The summed E-state index contributed by atoms with van der Waals surface area (Å²) in [6.07, 6.45) is 3.13. The van der Waals surface area contributed by atoms with Gasteiger partial charge in [-0.15, -0.1) is 0 Å². The molecule has 1 aromatic carbocycles. The van der Waals surface area contributed by atoms with Crippen molar-refractivity contribution in [3.05, 3.63) is 47.5 Å². The van der Waals surface area contributed by atoms with Crippen molar-refractivity contribution in [1.82, 2.24) is 9.97 Å². The van der Waals surface area contributed by atoms with Gasteiger partial charge in [-0.3, -0.25) is 9.78 Å². The first-order chi connectivity index (χ1) is 9.22. The molecular formula is C13H11ClN4O. The van der Waals surface area contributed by atoms with Crippen LogP contribution in [0.3, 0.4) is 0 Å². The fraction of sp³-hybridized carbons (Fsp3) is 0.154. The zero-order valence-electron chi connectivity index (χ0n) is 10.0. The molecule has 0 aliphatic carbocycles. The Morgan fingerprint density at radius 1 is 1.26 bits per heavy atom. The van der Waals surface area contributed by atoms with Crippen LogP contribution in [-0.2, 0) is 11.3 Å². The Kier molecular flexibility index (Phi) is 3.05. The van der Waals surface area contributed by atoms with Crippen molar-refractivity contribution in [3.8, 4) is 0 Å². The highest BCUT2D eigenvalue weighted by Gasteiger charge is 2.21. The number of amides is 1. The lowest BCUT2D eigenvalue weighted by Gasteiger charge is -2.30. The Morgan fingerprint density at radius 2 is 2.11 bits per heavy atom. The van der Waals surface area contributed by atoms with Crippen molar-refractivity contribution in [2.24, 2.45) is 0 Å². The van der Waals surface area contributed by atoms with Crippen molar-refractivity contribution in [2.75, 3.05) is 16.8 Å². The Balaban J connectivity index is 1.89. The molecule has 1 aliphatic rings. The van der Waals surface area contributed by atoms with Crippen LogP contribution in [0, 0.1) is 0 Å². The van der Waals surface area contributed by atoms with E-state index in [0.29, 0.717) is 18.2 Å². The molecule has 0 unspecified atom stereocenters. The molecular weight excluding hydrogens is 264 g/mol. The van der Waals surface area contributed by atoms with Crippen molar-refractivity contribution in [1.29, 1.82) is 0 Å². The predicted octanol–water partition coefficient (Wildman–Crippen LogP) is 2.09. The highest BCUT2D eigenvalue weighted by molar-refractivity contribution is 6.29. The van der Waals surface area contributed by atoms with E-state index in [1.807, 2.05) is 29.2 Å². The zero-order valence-corrected chi connectivity index (χ0v) is 10.8. The lowest BCUT2D eigenvalue weighted by atomic mass is 10.2. The number of hydrogen-bond donors (Lipinski definition) is 1. The number of halogens is 1. The largest absolute Gasteiger partial charge is 0.355 e. The predicted molar refractivity (Wildman–Crippen MR) is 73.2 cm³/mol. The quantitative estimate of drug-likeness (QED) is 0.911. The molecule has 1 aromatic heterocycles. The summed E-state index contributed by atoms with van der Waals surface area (Å²) in [5, 5.41) is 3.21. The number of carbonyl (C=O) groups is 1. The molecule has 0 spiro atoms. The normalized spacial score (nSPS) is 13.9. The third-order valence-electron chi connectivity index (χ3n) is 2.88. The minimum Gasteiger partial charge on any atom is -0.355 e. The van der Waals surface area contributed by atoms with E-state index < -0.39 is 0 Å². The minimum atomic E-state index is -0.0272. The van der Waals surface area contributed by atoms with Gasteiger partial charge in [0, 0.05) is 0 Å². The summed E-state index contributed by atoms with van der Waals surface area (Å²) in [5.41, 5.74) is 2.58. The molecule has 0 atom stereocenters. The first-order valence-electron chi connectivity index (χ1n) is 5.82. The van der Waals surface area contributed by atoms with Crippen LogP contribution in [0.1, 0.15) is 5.69 Å². The van der Waals surface area contributed by atoms with Crippen LogP contribution in [0.15, 0.2) is 36.7 Å². The number of rotatable bonds is 2. The monoisotopic (exact) mass is 274 g/mol. The van der Waals surface area contributed by atoms with E-state index in [1.165, 1.54) is 6.20 Å². The first kappa shape index (κ1) is 11.9. The maximum Gasteiger partial charge on any atom is 0.243 e. The van der Waals surface area contributed by atoms with Crippen LogP contribution in [0.5, 0.6) is 0 Å². The molecule has 0 radical (unpaired) electrons. The Bertz CT molecular complexity index is 614. The second-order valence-corrected chi connectivity index (χ2v) is 4.64. The minimum absolute atomic E-state index is 0.0272. The van der Waals surface area contributed by atoms with E-state index in [4.69, 9.17) is 11.6 Å². The Hall–Kier alpha value is -2.14. The van der Waals surface area contributed by atoms with Gasteiger partial charge in [0.25, 0.3) is 0 Å². The van der Waals surface area contributed by atoms with Crippen LogP contribution in [-0.4, -0.2) is 22.4 Å². The molecule has 1 N–H and O–H groups in total. The molecule has 19 heavy (non-hydrogen) atoms. The molecule has 2 heterocycles. The van der Waals surface area contributed by atoms with Gasteiger partial charge in [-0.1, -0.05) is 23.7 Å². The van der Waals surface area contributed by atoms with E-state index in [2.05, 4.69) is 15.3 Å². The van der Waals surface area contributed by atoms with Gasteiger partial charge in [0.1, 0.15) is 5.15 Å². The highest BCUT2D eigenvalue weighted by atomic mass is 35.5. The van der Waals surface area contributed by atoms with Gasteiger partial charge in [0.15, 0.2) is 0 Å². The summed E-state index contributed by atoms with van der Waals surface area (Å²) < 4.78 is 0. The molecule has 5 nitrogen and oxygen atoms in total. The summed E-state index contributed by atoms with van der Waals surface area (Å²) in [6, 6.07) is 7.69. The fourth-order valence-electron chi connectivity index (χ4n) is 2.06. The molecule has 3 rings (SSSR count). The number of hydrogen-bond acceptors (Lipinski definition) is 4. The number of nitrogens with zero attached hydrogens (tertiary/aromatic N) is 3. The van der Waals surface area contributed by atoms with E-state index in [1.54, 1.807) is 6.20 Å². The lowest BCUT2D eigenvalue weighted by Crippen LogP contribution is -2.37. The van der Waals surface area contributed by atoms with Gasteiger partial charge >= 0.3 is 0 Å². The van der Waals surface area contributed by atoms with Crippen LogP contribution in [0.2, 0.25) is 5.15 Å². The molecule has 0 saturated heterocycles. The van der Waals surface area contributed by atoms with Gasteiger partial charge in [-0.25, -0.2) is 4.98 Å². The number of para-hydroxylation sites is 2. The van der Waals surface area contributed by atoms with Gasteiger partial charge in [-0.05, 0) is 12.1 Å². The summed E-state index contributed by atoms with van der Waals surface area (Å²) in [4.78, 5) is 21.8. The van der Waals surface area contributed by atoms with E-state index in [0.717, 1.165) is 17.1 Å². The zero-order chi connectivity index (χ0) is 13.2. The summed E-state index contributed by atoms with van der Waals surface area (Å²) >= 11 is 5.71. The summed E-state index contributed by atoms with van der Waals surface area (Å²) in [7, 11) is 0. The van der Waals surface area contributed by atoms with Crippen LogP contribution < -0.4 is 10.2 Å². The van der Waals surface area contributed by atoms with Gasteiger partial charge in [-0.2, -0.15) is 0 Å². The van der Waals surface area contributed by atoms with Crippen LogP contribution in [0.4, 0.5) is 11.4 Å². The summed E-state index contributed by atoms with van der Waals surface area (Å²) in [6.45, 7) is 0.829. The van der Waals surface area contributed by atoms with Crippen LogP contribution >= 0.6 is 11.6 Å². The number of aromatic nitrogens is 2. The van der Waals surface area contributed by atoms with Crippen LogP contribution in [0.25, 0.3) is 0 Å². The molecule has 2 aromatic rings. The number of carbonyl (C=O) groups excluding carboxylic acids is 1. The van der Waals surface area contributed by atoms with Crippen molar-refractivity contribution in [3.63, 3.8) is 0 Å². The number of fused-ring (bicyclic) bond motifs is 1. The first-order valence-corrected chi connectivity index (χ1v) is 6.20. The van der Waals surface area contributed by atoms with E-state index >= 15 is 0 Å². The fourth-order valence-corrected chi connectivity index (χ4v) is 2.16. The average Bonchev–Trinajstić information content (AvgIpc) is 2.41. The standard InChI is InChI=1S/C13H11ClN4O/c14-12-6-15-9(5-16-12)7-18-8-13(19)17-10-3-1-2-4-11(10)18/h1-6H,7-8H2,(H,17,19). The van der Waals surface area contributed by atoms with Gasteiger partial charge in [0.2, 0.25) is 5.91 Å². The smallest absolute Gasteiger partial charge is 0.243 e. The highest BCUT2D eigenvalue weighted by Crippen LogP contribution is 2.29. The van der Waals surface area contributed by atoms with Gasteiger partial charge in [0.05, 0.1) is 42.6 Å². The topological polar surface area (TPSA) is 58.1 Å². The third-order valence-corrected chi connectivity index (χ3v) is 3.08. The molecule has 6 heteroatoms. The molecule has 96 valence electrons. The molecule has 0 fully saturated rings. The number of anilines is 2. The number of benzene rings is 1. The second-order valence-electron chi connectivity index (χ2n) is 4.25. The SMILES string of the molecule is O=C1CN(Cc2cnc(Cl)cn2)c2ccccc2N1.